The molecule has 10 nitrogen and oxygen atoms in total. The summed E-state index contributed by atoms with van der Waals surface area (Å²) in [5, 5.41) is 39.8. The van der Waals surface area contributed by atoms with Crippen molar-refractivity contribution in [2.75, 3.05) is 40.3 Å². The van der Waals surface area contributed by atoms with Crippen molar-refractivity contribution in [2.45, 2.75) is 26.7 Å². The van der Waals surface area contributed by atoms with Gasteiger partial charge >= 0.3 is 34.1 Å². The number of aliphatic carboxylic acids is 2. The van der Waals surface area contributed by atoms with E-state index in [9.17, 15) is 10.2 Å². The summed E-state index contributed by atoms with van der Waals surface area (Å²) in [6, 6.07) is 14.4. The molecular formula is C26H40Cu2N4O6+2. The number of benzene rings is 2. The molecule has 0 heterocycles. The second-order valence-electron chi connectivity index (χ2n) is 7.14. The summed E-state index contributed by atoms with van der Waals surface area (Å²) in [5.41, 5.74) is 1.55. The Bertz CT molecular complexity index is 833. The van der Waals surface area contributed by atoms with Crippen LogP contribution >= 0.6 is 0 Å². The molecule has 0 aliphatic carbocycles. The number of nitrogens with zero attached hydrogens (tertiary/aromatic N) is 2. The summed E-state index contributed by atoms with van der Waals surface area (Å²) in [5.74, 6) is -1.10. The summed E-state index contributed by atoms with van der Waals surface area (Å²) in [6.07, 6.45) is 5.46. The Morgan fingerprint density at radius 3 is 1.26 bits per heavy atom. The molecule has 0 atom stereocenters. The quantitative estimate of drug-likeness (QED) is 0.132. The number of carboxylic acids is 2. The largest absolute Gasteiger partial charge is 1.00 e. The average Bonchev–Trinajstić information content (AvgIpc) is 2.81. The predicted octanol–water partition coefficient (Wildman–Crippen LogP) is 3.02. The molecule has 0 saturated heterocycles. The topological polar surface area (TPSA) is 164 Å². The van der Waals surface area contributed by atoms with E-state index in [1.807, 2.05) is 38.4 Å². The Balaban J connectivity index is -0.000000228. The summed E-state index contributed by atoms with van der Waals surface area (Å²) in [6.45, 7) is 5.68. The van der Waals surface area contributed by atoms with Gasteiger partial charge in [-0.1, -0.05) is 24.3 Å². The second kappa shape index (κ2) is 30.5. The molecule has 38 heavy (non-hydrogen) atoms. The van der Waals surface area contributed by atoms with Crippen LogP contribution < -0.4 is 10.6 Å². The van der Waals surface area contributed by atoms with Gasteiger partial charge in [-0.25, -0.2) is 0 Å². The van der Waals surface area contributed by atoms with Crippen molar-refractivity contribution in [2.24, 2.45) is 9.98 Å². The molecule has 2 rings (SSSR count). The van der Waals surface area contributed by atoms with Gasteiger partial charge in [0, 0.05) is 50.5 Å². The number of carboxylic acid groups (broad SMARTS) is 2. The molecule has 0 fully saturated rings. The number of nitrogens with one attached hydrogen (secondary N) is 2. The van der Waals surface area contributed by atoms with E-state index in [4.69, 9.17) is 19.8 Å². The van der Waals surface area contributed by atoms with Crippen LogP contribution in [0.4, 0.5) is 0 Å². The van der Waals surface area contributed by atoms with Crippen LogP contribution in [0.5, 0.6) is 11.5 Å². The van der Waals surface area contributed by atoms with Gasteiger partial charge in [-0.05, 0) is 64.3 Å². The minimum absolute atomic E-state index is 0. The van der Waals surface area contributed by atoms with Gasteiger partial charge in [-0.3, -0.25) is 19.6 Å². The molecule has 12 heteroatoms. The molecule has 0 bridgehead atoms. The van der Waals surface area contributed by atoms with E-state index in [1.54, 1.807) is 36.7 Å². The molecule has 0 aliphatic heterocycles. The fourth-order valence-corrected chi connectivity index (χ4v) is 2.21. The number of hydrogen-bond donors (Lipinski definition) is 6. The minimum Gasteiger partial charge on any atom is -0.507 e. The summed E-state index contributed by atoms with van der Waals surface area (Å²) >= 11 is 0. The smallest absolute Gasteiger partial charge is 0.507 e. The number of rotatable bonds is 10. The van der Waals surface area contributed by atoms with Crippen molar-refractivity contribution in [3.63, 3.8) is 0 Å². The van der Waals surface area contributed by atoms with Crippen LogP contribution in [-0.4, -0.2) is 85.1 Å². The van der Waals surface area contributed by atoms with Gasteiger partial charge in [-0.15, -0.1) is 0 Å². The second-order valence-corrected chi connectivity index (χ2v) is 7.14. The third-order valence-electron chi connectivity index (χ3n) is 3.76. The SMILES string of the molecule is CC(=O)O.CC(=O)O.CNCCCN=Cc1ccccc1O.CNCCCN=Cc1ccccc1O.[Cu+].[Cu+]. The molecule has 0 unspecified atom stereocenters. The van der Waals surface area contributed by atoms with Gasteiger partial charge < -0.3 is 31.1 Å². The number of aromatic hydroxyl groups is 2. The molecule has 0 spiro atoms. The Labute approximate surface area is 246 Å². The zero-order valence-electron chi connectivity index (χ0n) is 22.1. The van der Waals surface area contributed by atoms with Crippen molar-refractivity contribution in [1.82, 2.24) is 10.6 Å². The van der Waals surface area contributed by atoms with Gasteiger partial charge in [0.25, 0.3) is 11.9 Å². The van der Waals surface area contributed by atoms with Crippen LogP contribution in [0.2, 0.25) is 0 Å². The van der Waals surface area contributed by atoms with Crippen LogP contribution in [0.25, 0.3) is 0 Å². The van der Waals surface area contributed by atoms with Crippen molar-refractivity contribution in [3.8, 4) is 11.5 Å². The van der Waals surface area contributed by atoms with E-state index in [0.717, 1.165) is 64.0 Å². The summed E-state index contributed by atoms with van der Waals surface area (Å²) in [4.78, 5) is 26.4. The maximum Gasteiger partial charge on any atom is 1.00 e. The minimum atomic E-state index is -0.833. The zero-order valence-corrected chi connectivity index (χ0v) is 24.0. The average molecular weight is 632 g/mol. The molecule has 2 aromatic rings. The third kappa shape index (κ3) is 31.3. The van der Waals surface area contributed by atoms with E-state index in [1.165, 1.54) is 0 Å². The summed E-state index contributed by atoms with van der Waals surface area (Å²) < 4.78 is 0. The molecule has 6 N–H and O–H groups in total. The molecule has 0 aliphatic rings. The molecule has 220 valence electrons. The van der Waals surface area contributed by atoms with E-state index >= 15 is 0 Å². The van der Waals surface area contributed by atoms with Crippen molar-refractivity contribution < 1.29 is 64.2 Å². The molecule has 0 saturated carbocycles. The first-order valence-electron chi connectivity index (χ1n) is 11.4. The zero-order chi connectivity index (χ0) is 27.6. The van der Waals surface area contributed by atoms with Gasteiger partial charge in [-0.2, -0.15) is 0 Å². The first-order chi connectivity index (χ1) is 17.1. The van der Waals surface area contributed by atoms with Crippen LogP contribution in [-0.2, 0) is 43.7 Å². The first-order valence-corrected chi connectivity index (χ1v) is 11.4. The maximum atomic E-state index is 9.41. The van der Waals surface area contributed by atoms with Crippen molar-refractivity contribution in [3.05, 3.63) is 59.7 Å². The Morgan fingerprint density at radius 1 is 0.711 bits per heavy atom. The fourth-order valence-electron chi connectivity index (χ4n) is 2.21. The van der Waals surface area contributed by atoms with Gasteiger partial charge in [0.15, 0.2) is 0 Å². The number of hydrogen-bond acceptors (Lipinski definition) is 8. The Morgan fingerprint density at radius 2 is 1.00 bits per heavy atom. The number of phenolic OH excluding ortho intramolecular Hbond substituents is 2. The monoisotopic (exact) mass is 630 g/mol. The molecule has 2 aromatic carbocycles. The van der Waals surface area contributed by atoms with Crippen LogP contribution in [0.3, 0.4) is 0 Å². The van der Waals surface area contributed by atoms with Crippen LogP contribution in [0.15, 0.2) is 58.5 Å². The number of phenols is 2. The molecule has 0 radical (unpaired) electrons. The fraction of sp³-hybridized carbons (Fsp3) is 0.385. The van der Waals surface area contributed by atoms with E-state index in [0.29, 0.717) is 0 Å². The Kier molecular flexibility index (Phi) is 34.0. The van der Waals surface area contributed by atoms with Crippen molar-refractivity contribution >= 4 is 24.4 Å². The summed E-state index contributed by atoms with van der Waals surface area (Å²) in [7, 11) is 3.85. The number of carbonyl (C=O) groups is 2. The van der Waals surface area contributed by atoms with Crippen LogP contribution in [0, 0.1) is 0 Å². The van der Waals surface area contributed by atoms with Gasteiger partial charge in [0.1, 0.15) is 11.5 Å². The van der Waals surface area contributed by atoms with E-state index in [2.05, 4.69) is 20.6 Å². The van der Waals surface area contributed by atoms with Crippen LogP contribution in [0.1, 0.15) is 37.8 Å². The third-order valence-corrected chi connectivity index (χ3v) is 3.76. The van der Waals surface area contributed by atoms with Gasteiger partial charge in [0.05, 0.1) is 0 Å². The number of para-hydroxylation sites is 2. The Hall–Kier alpha value is -2.72. The standard InChI is InChI=1S/2C11H16N2O.2C2H4O2.2Cu/c2*1-12-7-4-8-13-9-10-5-2-3-6-11(10)14;2*1-2(3)4;;/h2*2-3,5-6,9,12,14H,4,7-8H2,1H3;2*1H3,(H,3,4);;/q;;;;2*+1. The predicted molar refractivity (Wildman–Crippen MR) is 145 cm³/mol. The normalized spacial score (nSPS) is 9.37. The van der Waals surface area contributed by atoms with Gasteiger partial charge in [0.2, 0.25) is 0 Å². The molecule has 0 aromatic heterocycles. The van der Waals surface area contributed by atoms with E-state index in [-0.39, 0.29) is 45.6 Å². The van der Waals surface area contributed by atoms with Crippen molar-refractivity contribution in [1.29, 1.82) is 0 Å². The first kappa shape index (κ1) is 42.4. The maximum absolute atomic E-state index is 9.41. The van der Waals surface area contributed by atoms with E-state index < -0.39 is 11.9 Å². The molecule has 0 amide bonds. The molecular weight excluding hydrogens is 591 g/mol. The number of aliphatic imine (C=N–C) groups is 2.